The Labute approximate surface area is 170 Å². The first kappa shape index (κ1) is 19.3. The van der Waals surface area contributed by atoms with Crippen molar-refractivity contribution in [1.82, 2.24) is 10.2 Å². The number of amides is 2. The van der Waals surface area contributed by atoms with Gasteiger partial charge in [-0.2, -0.15) is 0 Å². The van der Waals surface area contributed by atoms with Crippen LogP contribution >= 0.6 is 0 Å². The van der Waals surface area contributed by atoms with Crippen molar-refractivity contribution in [2.24, 2.45) is 0 Å². The third kappa shape index (κ3) is 4.35. The van der Waals surface area contributed by atoms with E-state index in [1.165, 1.54) is 4.90 Å². The average molecular weight is 396 g/mol. The number of nitrogens with one attached hydrogen (secondary N) is 2. The Morgan fingerprint density at radius 2 is 1.79 bits per heavy atom. The highest BCUT2D eigenvalue weighted by molar-refractivity contribution is 5.94. The maximum absolute atomic E-state index is 12.6. The number of hydrogen-bond donors (Lipinski definition) is 2. The average Bonchev–Trinajstić information content (AvgIpc) is 3.25. The third-order valence-electron chi connectivity index (χ3n) is 5.62. The Bertz CT molecular complexity index is 879. The summed E-state index contributed by atoms with van der Waals surface area (Å²) in [6.45, 7) is 5.47. The third-order valence-corrected chi connectivity index (χ3v) is 5.62. The zero-order valence-corrected chi connectivity index (χ0v) is 16.5. The van der Waals surface area contributed by atoms with Crippen LogP contribution in [-0.2, 0) is 11.3 Å². The van der Waals surface area contributed by atoms with Gasteiger partial charge < -0.3 is 24.6 Å². The summed E-state index contributed by atoms with van der Waals surface area (Å²) in [4.78, 5) is 28.3. The molecule has 7 heteroatoms. The van der Waals surface area contributed by atoms with Crippen molar-refractivity contribution in [2.75, 3.05) is 33.0 Å². The highest BCUT2D eigenvalue weighted by Crippen LogP contribution is 2.32. The summed E-state index contributed by atoms with van der Waals surface area (Å²) in [7, 11) is 0. The minimum atomic E-state index is -0.169. The Morgan fingerprint density at radius 1 is 1.07 bits per heavy atom. The standard InChI is InChI=1S/C22H25N3O4/c1-16(21(26)23-14-17-7-8-19-20(13-17)29-15-28-19)24-9-11-25(12-10-24)22(27)18-5-3-2-4-6-18/h2-8,13,16H,9-12,14-15H2,1H3,(H,23,26)/p+1/t16-/m0/s1. The van der Waals surface area contributed by atoms with Gasteiger partial charge in [-0.25, -0.2) is 0 Å². The maximum Gasteiger partial charge on any atom is 0.278 e. The number of ether oxygens (including phenoxy) is 2. The summed E-state index contributed by atoms with van der Waals surface area (Å²) in [6, 6.07) is 14.9. The van der Waals surface area contributed by atoms with Gasteiger partial charge in [-0.05, 0) is 36.8 Å². The van der Waals surface area contributed by atoms with Gasteiger partial charge in [-0.3, -0.25) is 9.59 Å². The van der Waals surface area contributed by atoms with E-state index in [0.717, 1.165) is 30.2 Å². The van der Waals surface area contributed by atoms with Crippen LogP contribution in [-0.4, -0.2) is 55.7 Å². The highest BCUT2D eigenvalue weighted by atomic mass is 16.7. The summed E-state index contributed by atoms with van der Waals surface area (Å²) in [5.74, 6) is 1.53. The maximum atomic E-state index is 12.6. The smallest absolute Gasteiger partial charge is 0.278 e. The zero-order valence-electron chi connectivity index (χ0n) is 16.5. The van der Waals surface area contributed by atoms with E-state index in [1.807, 2.05) is 60.4 Å². The first-order chi connectivity index (χ1) is 14.1. The molecule has 2 heterocycles. The fraction of sp³-hybridized carbons (Fsp3) is 0.364. The molecule has 1 fully saturated rings. The van der Waals surface area contributed by atoms with Crippen LogP contribution in [0.4, 0.5) is 0 Å². The lowest BCUT2D eigenvalue weighted by atomic mass is 10.1. The Kier molecular flexibility index (Phi) is 5.67. The van der Waals surface area contributed by atoms with E-state index in [-0.39, 0.29) is 24.6 Å². The lowest BCUT2D eigenvalue weighted by molar-refractivity contribution is -0.917. The molecular weight excluding hydrogens is 370 g/mol. The molecule has 1 saturated heterocycles. The molecule has 1 atom stereocenters. The quantitative estimate of drug-likeness (QED) is 0.770. The first-order valence-corrected chi connectivity index (χ1v) is 9.97. The molecule has 0 aromatic heterocycles. The van der Waals surface area contributed by atoms with Crippen LogP contribution < -0.4 is 19.7 Å². The number of nitrogens with zero attached hydrogens (tertiary/aromatic N) is 1. The monoisotopic (exact) mass is 396 g/mol. The van der Waals surface area contributed by atoms with Crippen molar-refractivity contribution in [2.45, 2.75) is 19.5 Å². The summed E-state index contributed by atoms with van der Waals surface area (Å²) in [5, 5.41) is 3.01. The van der Waals surface area contributed by atoms with E-state index in [9.17, 15) is 9.59 Å². The minimum Gasteiger partial charge on any atom is -0.454 e. The number of quaternary nitrogens is 1. The van der Waals surface area contributed by atoms with Crippen LogP contribution in [0.15, 0.2) is 48.5 Å². The molecule has 7 nitrogen and oxygen atoms in total. The SMILES string of the molecule is C[C@@H](C(=O)NCc1ccc2c(c1)OCO2)[NH+]1CCN(C(=O)c2ccccc2)CC1. The van der Waals surface area contributed by atoms with Gasteiger partial charge in [0.15, 0.2) is 17.5 Å². The van der Waals surface area contributed by atoms with Crippen LogP contribution in [0.2, 0.25) is 0 Å². The van der Waals surface area contributed by atoms with Crippen molar-refractivity contribution in [3.8, 4) is 11.5 Å². The summed E-state index contributed by atoms with van der Waals surface area (Å²) in [6.07, 6.45) is 0. The normalized spacial score (nSPS) is 17.1. The van der Waals surface area contributed by atoms with Gasteiger partial charge in [0.2, 0.25) is 6.79 Å². The molecule has 2 aliphatic heterocycles. The van der Waals surface area contributed by atoms with Crippen LogP contribution in [0.3, 0.4) is 0 Å². The Morgan fingerprint density at radius 3 is 2.55 bits per heavy atom. The highest BCUT2D eigenvalue weighted by Gasteiger charge is 2.31. The second-order valence-corrected chi connectivity index (χ2v) is 7.44. The van der Waals surface area contributed by atoms with Gasteiger partial charge in [0.05, 0.1) is 26.2 Å². The zero-order chi connectivity index (χ0) is 20.2. The van der Waals surface area contributed by atoms with Gasteiger partial charge in [-0.1, -0.05) is 24.3 Å². The van der Waals surface area contributed by atoms with Crippen molar-refractivity contribution >= 4 is 11.8 Å². The molecule has 0 aliphatic carbocycles. The molecule has 4 rings (SSSR count). The molecule has 0 saturated carbocycles. The molecule has 152 valence electrons. The molecule has 2 amide bonds. The van der Waals surface area contributed by atoms with E-state index in [1.54, 1.807) is 0 Å². The van der Waals surface area contributed by atoms with Crippen molar-refractivity contribution < 1.29 is 24.0 Å². The number of carbonyl (C=O) groups excluding carboxylic acids is 2. The summed E-state index contributed by atoms with van der Waals surface area (Å²) >= 11 is 0. The van der Waals surface area contributed by atoms with Crippen molar-refractivity contribution in [1.29, 1.82) is 0 Å². The van der Waals surface area contributed by atoms with Crippen LogP contribution in [0.25, 0.3) is 0 Å². The molecule has 2 N–H and O–H groups in total. The van der Waals surface area contributed by atoms with Crippen molar-refractivity contribution in [3.63, 3.8) is 0 Å². The molecule has 2 aromatic rings. The Balaban J connectivity index is 1.26. The van der Waals surface area contributed by atoms with E-state index < -0.39 is 0 Å². The van der Waals surface area contributed by atoms with Gasteiger partial charge in [-0.15, -0.1) is 0 Å². The van der Waals surface area contributed by atoms with E-state index in [2.05, 4.69) is 5.32 Å². The van der Waals surface area contributed by atoms with Gasteiger partial charge in [0.1, 0.15) is 0 Å². The molecular formula is C22H26N3O4+. The second-order valence-electron chi connectivity index (χ2n) is 7.44. The first-order valence-electron chi connectivity index (χ1n) is 9.97. The number of rotatable bonds is 5. The number of fused-ring (bicyclic) bond motifs is 1. The molecule has 0 bridgehead atoms. The summed E-state index contributed by atoms with van der Waals surface area (Å²) < 4.78 is 10.7. The van der Waals surface area contributed by atoms with Crippen LogP contribution in [0, 0.1) is 0 Å². The van der Waals surface area contributed by atoms with E-state index in [0.29, 0.717) is 25.2 Å². The van der Waals surface area contributed by atoms with E-state index in [4.69, 9.17) is 9.47 Å². The molecule has 2 aliphatic rings. The lowest BCUT2D eigenvalue weighted by Gasteiger charge is -2.34. The summed E-state index contributed by atoms with van der Waals surface area (Å²) in [5.41, 5.74) is 1.69. The van der Waals surface area contributed by atoms with E-state index >= 15 is 0 Å². The molecule has 0 unspecified atom stereocenters. The number of piperazine rings is 1. The minimum absolute atomic E-state index is 0.0144. The van der Waals surface area contributed by atoms with Gasteiger partial charge in [0, 0.05) is 12.1 Å². The Hall–Kier alpha value is -3.06. The second kappa shape index (κ2) is 8.53. The predicted molar refractivity (Wildman–Crippen MR) is 107 cm³/mol. The fourth-order valence-electron chi connectivity index (χ4n) is 3.77. The van der Waals surface area contributed by atoms with Crippen molar-refractivity contribution in [3.05, 3.63) is 59.7 Å². The molecule has 29 heavy (non-hydrogen) atoms. The molecule has 0 radical (unpaired) electrons. The lowest BCUT2D eigenvalue weighted by Crippen LogP contribution is -3.19. The fourth-order valence-corrected chi connectivity index (χ4v) is 3.77. The molecule has 2 aromatic carbocycles. The topological polar surface area (TPSA) is 72.3 Å². The van der Waals surface area contributed by atoms with Gasteiger partial charge in [0.25, 0.3) is 11.8 Å². The largest absolute Gasteiger partial charge is 0.454 e. The number of benzene rings is 2. The molecule has 0 spiro atoms. The van der Waals surface area contributed by atoms with Crippen LogP contribution in [0.5, 0.6) is 11.5 Å². The number of carbonyl (C=O) groups is 2. The van der Waals surface area contributed by atoms with Gasteiger partial charge >= 0.3 is 0 Å². The van der Waals surface area contributed by atoms with Crippen LogP contribution in [0.1, 0.15) is 22.8 Å². The number of hydrogen-bond acceptors (Lipinski definition) is 4. The predicted octanol–water partition coefficient (Wildman–Crippen LogP) is 0.461.